The lowest BCUT2D eigenvalue weighted by Crippen LogP contribution is -2.56. The smallest absolute Gasteiger partial charge is 0.329 e. The lowest BCUT2D eigenvalue weighted by Gasteiger charge is -2.43. The van der Waals surface area contributed by atoms with Crippen molar-refractivity contribution in [3.05, 3.63) is 34.2 Å². The Kier molecular flexibility index (Phi) is 7.57. The number of aromatic nitrogens is 2. The summed E-state index contributed by atoms with van der Waals surface area (Å²) in [6, 6.07) is 5.77. The van der Waals surface area contributed by atoms with Crippen LogP contribution in [0.2, 0.25) is 0 Å². The molecular formula is C26H38N6O4. The Bertz CT molecular complexity index is 1170. The second kappa shape index (κ2) is 10.8. The van der Waals surface area contributed by atoms with Crippen molar-refractivity contribution in [3.63, 3.8) is 0 Å². The summed E-state index contributed by atoms with van der Waals surface area (Å²) in [5.74, 6) is 0.0696. The molecule has 1 aromatic carbocycles. The van der Waals surface area contributed by atoms with E-state index in [1.807, 2.05) is 6.07 Å². The van der Waals surface area contributed by atoms with Gasteiger partial charge in [0.2, 0.25) is 11.8 Å². The Morgan fingerprint density at radius 1 is 1.06 bits per heavy atom. The zero-order chi connectivity index (χ0) is 25.2. The van der Waals surface area contributed by atoms with Gasteiger partial charge in [0.05, 0.1) is 17.6 Å². The van der Waals surface area contributed by atoms with E-state index in [0.29, 0.717) is 12.5 Å². The maximum atomic E-state index is 13.1. The summed E-state index contributed by atoms with van der Waals surface area (Å²) in [6.45, 7) is 7.90. The molecule has 10 nitrogen and oxygen atoms in total. The molecule has 196 valence electrons. The number of piperazine rings is 1. The first-order valence-electron chi connectivity index (χ1n) is 13.1. The summed E-state index contributed by atoms with van der Waals surface area (Å²) in [4.78, 5) is 42.2. The van der Waals surface area contributed by atoms with Gasteiger partial charge in [-0.25, -0.2) is 4.79 Å². The number of amides is 2. The fourth-order valence-corrected chi connectivity index (χ4v) is 6.08. The molecule has 3 saturated heterocycles. The zero-order valence-electron chi connectivity index (χ0n) is 21.4. The maximum absolute atomic E-state index is 13.1. The molecule has 3 aliphatic rings. The van der Waals surface area contributed by atoms with E-state index in [1.54, 1.807) is 18.7 Å². The van der Waals surface area contributed by atoms with Crippen LogP contribution in [0.5, 0.6) is 0 Å². The van der Waals surface area contributed by atoms with Crippen molar-refractivity contribution < 1.29 is 14.3 Å². The largest absolute Gasteiger partial charge is 0.383 e. The summed E-state index contributed by atoms with van der Waals surface area (Å²) < 4.78 is 8.73. The van der Waals surface area contributed by atoms with Crippen LogP contribution in [0, 0.1) is 5.92 Å². The Morgan fingerprint density at radius 2 is 1.86 bits per heavy atom. The number of imide groups is 1. The van der Waals surface area contributed by atoms with Crippen LogP contribution in [-0.4, -0.2) is 89.8 Å². The molecule has 0 radical (unpaired) electrons. The second-order valence-electron chi connectivity index (χ2n) is 10.5. The predicted molar refractivity (Wildman–Crippen MR) is 137 cm³/mol. The number of carbonyl (C=O) groups excluding carboxylic acids is 2. The molecule has 2 amide bonds. The maximum Gasteiger partial charge on any atom is 0.329 e. The number of hydrogen-bond acceptors (Lipinski definition) is 7. The molecule has 1 aromatic heterocycles. The topological polar surface area (TPSA) is 101 Å². The number of carbonyl (C=O) groups is 2. The molecule has 2 atom stereocenters. The van der Waals surface area contributed by atoms with E-state index in [2.05, 4.69) is 32.6 Å². The lowest BCUT2D eigenvalue weighted by molar-refractivity contribution is -0.135. The van der Waals surface area contributed by atoms with Gasteiger partial charge < -0.3 is 10.1 Å². The summed E-state index contributed by atoms with van der Waals surface area (Å²) in [7, 11) is 3.52. The zero-order valence-corrected chi connectivity index (χ0v) is 21.4. The van der Waals surface area contributed by atoms with Gasteiger partial charge >= 0.3 is 5.69 Å². The lowest BCUT2D eigenvalue weighted by atomic mass is 9.96. The number of ether oxygens (including phenoxy) is 1. The Morgan fingerprint density at radius 3 is 2.61 bits per heavy atom. The highest BCUT2D eigenvalue weighted by Crippen LogP contribution is 2.25. The fourth-order valence-electron chi connectivity index (χ4n) is 6.08. The van der Waals surface area contributed by atoms with Crippen LogP contribution in [0.1, 0.15) is 37.3 Å². The summed E-state index contributed by atoms with van der Waals surface area (Å²) in [5, 5.41) is 5.83. The van der Waals surface area contributed by atoms with Crippen LogP contribution >= 0.6 is 0 Å². The van der Waals surface area contributed by atoms with Crippen molar-refractivity contribution in [2.24, 2.45) is 13.0 Å². The van der Waals surface area contributed by atoms with Gasteiger partial charge in [0.25, 0.3) is 0 Å². The first-order chi connectivity index (χ1) is 17.4. The van der Waals surface area contributed by atoms with E-state index < -0.39 is 11.9 Å². The third-order valence-corrected chi connectivity index (χ3v) is 8.08. The summed E-state index contributed by atoms with van der Waals surface area (Å²) in [5.41, 5.74) is 2.44. The molecule has 0 bridgehead atoms. The van der Waals surface area contributed by atoms with Gasteiger partial charge in [0.15, 0.2) is 0 Å². The number of benzene rings is 1. The molecule has 3 aliphatic heterocycles. The minimum absolute atomic E-state index is 0.233. The van der Waals surface area contributed by atoms with Gasteiger partial charge in [0, 0.05) is 59.3 Å². The van der Waals surface area contributed by atoms with Crippen molar-refractivity contribution in [1.29, 1.82) is 0 Å². The molecule has 36 heavy (non-hydrogen) atoms. The van der Waals surface area contributed by atoms with Crippen molar-refractivity contribution in [1.82, 2.24) is 29.6 Å². The number of fused-ring (bicyclic) bond motifs is 1. The standard InChI is InChI=1S/C26H38N6O4/c1-29-23-13-19(3-4-21(23)32(26(29)35)22-5-6-24(33)28-25(22)34)14-30-11-12-31(20(16-30)17-36-2)15-18-7-9-27-10-8-18/h3-4,13,18,20,22,27H,5-12,14-17H2,1-2H3,(H,28,33,34)/t20-,22?/m1/s1. The normalized spacial score (nSPS) is 24.9. The number of nitrogens with one attached hydrogen (secondary N) is 2. The van der Waals surface area contributed by atoms with Gasteiger partial charge in [-0.1, -0.05) is 6.07 Å². The van der Waals surface area contributed by atoms with Crippen LogP contribution < -0.4 is 16.3 Å². The first kappa shape index (κ1) is 25.1. The van der Waals surface area contributed by atoms with Crippen LogP contribution in [0.15, 0.2) is 23.0 Å². The number of piperidine rings is 2. The van der Waals surface area contributed by atoms with Gasteiger partial charge in [-0.05, 0) is 56.0 Å². The molecule has 0 aliphatic carbocycles. The van der Waals surface area contributed by atoms with E-state index in [4.69, 9.17) is 4.74 Å². The van der Waals surface area contributed by atoms with Crippen LogP contribution in [-0.2, 0) is 27.9 Å². The minimum atomic E-state index is -0.660. The summed E-state index contributed by atoms with van der Waals surface area (Å²) >= 11 is 0. The number of rotatable bonds is 7. The van der Waals surface area contributed by atoms with Crippen LogP contribution in [0.4, 0.5) is 0 Å². The highest BCUT2D eigenvalue weighted by molar-refractivity contribution is 6.00. The Hall–Kier alpha value is -2.53. The first-order valence-corrected chi connectivity index (χ1v) is 13.1. The summed E-state index contributed by atoms with van der Waals surface area (Å²) in [6.07, 6.45) is 3.08. The third-order valence-electron chi connectivity index (χ3n) is 8.08. The molecule has 0 saturated carbocycles. The van der Waals surface area contributed by atoms with Gasteiger partial charge in [-0.3, -0.25) is 33.8 Å². The Labute approximate surface area is 211 Å². The van der Waals surface area contributed by atoms with Crippen molar-refractivity contribution in [2.45, 2.75) is 44.3 Å². The molecule has 10 heteroatoms. The van der Waals surface area contributed by atoms with E-state index >= 15 is 0 Å². The highest BCUT2D eigenvalue weighted by atomic mass is 16.5. The molecule has 0 spiro atoms. The molecule has 2 aromatic rings. The highest BCUT2D eigenvalue weighted by Gasteiger charge is 2.32. The van der Waals surface area contributed by atoms with E-state index in [9.17, 15) is 14.4 Å². The van der Waals surface area contributed by atoms with E-state index in [-0.39, 0.29) is 18.0 Å². The van der Waals surface area contributed by atoms with Crippen molar-refractivity contribution in [3.8, 4) is 0 Å². The average molecular weight is 499 g/mol. The van der Waals surface area contributed by atoms with Crippen molar-refractivity contribution >= 4 is 22.8 Å². The average Bonchev–Trinajstić information content (AvgIpc) is 3.11. The molecule has 3 fully saturated rings. The molecule has 5 rings (SSSR count). The van der Waals surface area contributed by atoms with Crippen molar-refractivity contribution in [2.75, 3.05) is 53.0 Å². The number of imidazole rings is 1. The number of methoxy groups -OCH3 is 1. The number of aryl methyl sites for hydroxylation is 1. The second-order valence-corrected chi connectivity index (χ2v) is 10.5. The quantitative estimate of drug-likeness (QED) is 0.535. The number of hydrogen-bond donors (Lipinski definition) is 2. The van der Waals surface area contributed by atoms with Gasteiger partial charge in [-0.2, -0.15) is 0 Å². The van der Waals surface area contributed by atoms with Gasteiger partial charge in [0.1, 0.15) is 6.04 Å². The fraction of sp³-hybridized carbons (Fsp3) is 0.654. The van der Waals surface area contributed by atoms with Gasteiger partial charge in [-0.15, -0.1) is 0 Å². The third kappa shape index (κ3) is 5.13. The van der Waals surface area contributed by atoms with E-state index in [1.165, 1.54) is 17.4 Å². The molecule has 1 unspecified atom stereocenters. The van der Waals surface area contributed by atoms with E-state index in [0.717, 1.165) is 74.9 Å². The SMILES string of the molecule is COC[C@H]1CN(Cc2ccc3c(c2)n(C)c(=O)n3C2CCC(=O)NC2=O)CCN1CC1CCNCC1. The monoisotopic (exact) mass is 498 g/mol. The molecule has 2 N–H and O–H groups in total. The number of nitrogens with zero attached hydrogens (tertiary/aromatic N) is 4. The molecule has 4 heterocycles. The Balaban J connectivity index is 1.30. The molecular weight excluding hydrogens is 460 g/mol. The van der Waals surface area contributed by atoms with Crippen LogP contribution in [0.3, 0.4) is 0 Å². The van der Waals surface area contributed by atoms with Crippen LogP contribution in [0.25, 0.3) is 11.0 Å². The minimum Gasteiger partial charge on any atom is -0.383 e. The predicted octanol–water partition coefficient (Wildman–Crippen LogP) is 0.450.